The highest BCUT2D eigenvalue weighted by Crippen LogP contribution is 2.33. The maximum absolute atomic E-state index is 10.2. The van der Waals surface area contributed by atoms with E-state index in [0.29, 0.717) is 59.2 Å². The van der Waals surface area contributed by atoms with Crippen molar-refractivity contribution in [2.24, 2.45) is 0 Å². The van der Waals surface area contributed by atoms with E-state index in [-0.39, 0.29) is 6.61 Å². The molecule has 196 valence electrons. The van der Waals surface area contributed by atoms with Crippen LogP contribution in [0.15, 0.2) is 59.4 Å². The average Bonchev–Trinajstić information content (AvgIpc) is 3.49. The summed E-state index contributed by atoms with van der Waals surface area (Å²) in [6.45, 7) is 9.50. The van der Waals surface area contributed by atoms with Crippen LogP contribution in [0.5, 0.6) is 11.5 Å². The van der Waals surface area contributed by atoms with E-state index in [0.717, 1.165) is 17.3 Å². The van der Waals surface area contributed by atoms with Gasteiger partial charge in [-0.2, -0.15) is 4.98 Å². The van der Waals surface area contributed by atoms with Crippen LogP contribution < -0.4 is 4.74 Å². The Labute approximate surface area is 221 Å². The van der Waals surface area contributed by atoms with E-state index >= 15 is 0 Å². The molecule has 0 radical (unpaired) electrons. The number of hydrogen-bond acceptors (Lipinski definition) is 9. The van der Waals surface area contributed by atoms with Crippen molar-refractivity contribution in [3.05, 3.63) is 66.3 Å². The first-order valence-corrected chi connectivity index (χ1v) is 16.1. The molecule has 0 atom stereocenters. The molecule has 0 saturated heterocycles. The van der Waals surface area contributed by atoms with Gasteiger partial charge in [0, 0.05) is 39.4 Å². The minimum absolute atomic E-state index is 0.209. The van der Waals surface area contributed by atoms with Gasteiger partial charge in [-0.05, 0) is 36.4 Å². The fourth-order valence-corrected chi connectivity index (χ4v) is 4.63. The number of aliphatic hydroxyl groups excluding tert-OH is 1. The molecular weight excluding hydrogens is 500 g/mol. The number of rotatable bonds is 10. The number of aromatic nitrogens is 6. The highest BCUT2D eigenvalue weighted by atomic mass is 28.3. The van der Waals surface area contributed by atoms with Crippen LogP contribution in [0.3, 0.4) is 0 Å². The van der Waals surface area contributed by atoms with E-state index in [2.05, 4.69) is 39.7 Å². The van der Waals surface area contributed by atoms with Gasteiger partial charge in [0.25, 0.3) is 0 Å². The number of imidazole rings is 1. The SMILES string of the molecule is Cc1nc(-c2ccc(Oc3cc4nc(-c5ccccn5)n(COCC[Si](C)(C)C)c4cc3CO)cn2)no1. The predicted molar refractivity (Wildman–Crippen MR) is 145 cm³/mol. The maximum atomic E-state index is 10.2. The molecule has 11 heteroatoms. The monoisotopic (exact) mass is 530 g/mol. The second-order valence-electron chi connectivity index (χ2n) is 10.2. The van der Waals surface area contributed by atoms with Crippen molar-refractivity contribution in [2.75, 3.05) is 6.61 Å². The molecular formula is C27H30N6O4Si. The van der Waals surface area contributed by atoms with Gasteiger partial charge in [0.15, 0.2) is 5.82 Å². The van der Waals surface area contributed by atoms with Gasteiger partial charge in [-0.1, -0.05) is 30.9 Å². The Morgan fingerprint density at radius 1 is 1.03 bits per heavy atom. The summed E-state index contributed by atoms with van der Waals surface area (Å²) in [6.07, 6.45) is 3.32. The molecule has 0 aliphatic rings. The maximum Gasteiger partial charge on any atom is 0.223 e. The summed E-state index contributed by atoms with van der Waals surface area (Å²) in [4.78, 5) is 17.9. The largest absolute Gasteiger partial charge is 0.455 e. The van der Waals surface area contributed by atoms with E-state index in [9.17, 15) is 5.11 Å². The standard InChI is InChI=1S/C27H30N6O4Si/c1-18-30-26(32-37-18)21-9-8-20(15-29-21)36-25-14-23-24(13-19(25)16-34)33(17-35-11-12-38(2,3)4)27(31-23)22-7-5-6-10-28-22/h5-10,13-15,34H,11-12,16-17H2,1-4H3. The van der Waals surface area contributed by atoms with Crippen molar-refractivity contribution < 1.29 is 19.1 Å². The highest BCUT2D eigenvalue weighted by molar-refractivity contribution is 6.76. The van der Waals surface area contributed by atoms with Crippen LogP contribution in [-0.4, -0.2) is 49.4 Å². The van der Waals surface area contributed by atoms with Crippen LogP contribution in [0.4, 0.5) is 0 Å². The summed E-state index contributed by atoms with van der Waals surface area (Å²) in [5.74, 6) is 2.56. The number of ether oxygens (including phenoxy) is 2. The van der Waals surface area contributed by atoms with Crippen molar-refractivity contribution in [1.29, 1.82) is 0 Å². The van der Waals surface area contributed by atoms with E-state index < -0.39 is 8.07 Å². The lowest BCUT2D eigenvalue weighted by Crippen LogP contribution is -2.22. The summed E-state index contributed by atoms with van der Waals surface area (Å²) in [6, 6.07) is 14.0. The Hall–Kier alpha value is -3.93. The molecule has 5 rings (SSSR count). The predicted octanol–water partition coefficient (Wildman–Crippen LogP) is 5.45. The zero-order chi connectivity index (χ0) is 26.7. The van der Waals surface area contributed by atoms with Crippen molar-refractivity contribution in [1.82, 2.24) is 29.7 Å². The Morgan fingerprint density at radius 3 is 2.55 bits per heavy atom. The third-order valence-corrected chi connectivity index (χ3v) is 7.64. The number of nitrogens with zero attached hydrogens (tertiary/aromatic N) is 6. The molecule has 0 aliphatic carbocycles. The van der Waals surface area contributed by atoms with Gasteiger partial charge in [0.05, 0.1) is 23.8 Å². The van der Waals surface area contributed by atoms with E-state index in [1.54, 1.807) is 31.5 Å². The molecule has 0 bridgehead atoms. The summed E-state index contributed by atoms with van der Waals surface area (Å²) in [7, 11) is -1.22. The lowest BCUT2D eigenvalue weighted by atomic mass is 10.2. The second kappa shape index (κ2) is 10.8. The molecule has 1 aromatic carbocycles. The lowest BCUT2D eigenvalue weighted by Gasteiger charge is -2.16. The third-order valence-electron chi connectivity index (χ3n) is 5.93. The molecule has 0 unspecified atom stereocenters. The number of aliphatic hydroxyl groups is 1. The summed E-state index contributed by atoms with van der Waals surface area (Å²) < 4.78 is 19.2. The van der Waals surface area contributed by atoms with Crippen LogP contribution in [0.2, 0.25) is 25.7 Å². The number of hydrogen-bond donors (Lipinski definition) is 1. The van der Waals surface area contributed by atoms with Gasteiger partial charge >= 0.3 is 0 Å². The highest BCUT2D eigenvalue weighted by Gasteiger charge is 2.18. The zero-order valence-corrected chi connectivity index (χ0v) is 22.9. The molecule has 0 saturated carbocycles. The molecule has 0 amide bonds. The first-order valence-electron chi connectivity index (χ1n) is 12.4. The summed E-state index contributed by atoms with van der Waals surface area (Å²) in [5, 5.41) is 14.1. The quantitative estimate of drug-likeness (QED) is 0.186. The molecule has 4 heterocycles. The first kappa shape index (κ1) is 25.7. The smallest absolute Gasteiger partial charge is 0.223 e. The van der Waals surface area contributed by atoms with Crippen molar-refractivity contribution in [3.63, 3.8) is 0 Å². The fraction of sp³-hybridized carbons (Fsp3) is 0.296. The summed E-state index contributed by atoms with van der Waals surface area (Å²) >= 11 is 0. The van der Waals surface area contributed by atoms with Crippen LogP contribution in [0.1, 0.15) is 11.5 Å². The minimum Gasteiger partial charge on any atom is -0.455 e. The van der Waals surface area contributed by atoms with Gasteiger partial charge < -0.3 is 19.1 Å². The average molecular weight is 531 g/mol. The Kier molecular flexibility index (Phi) is 7.32. The van der Waals surface area contributed by atoms with Gasteiger partial charge in [-0.15, -0.1) is 0 Å². The normalized spacial score (nSPS) is 11.8. The Bertz CT molecular complexity index is 1530. The topological polar surface area (TPSA) is 121 Å². The van der Waals surface area contributed by atoms with Crippen LogP contribution in [0.25, 0.3) is 34.1 Å². The molecule has 10 nitrogen and oxygen atoms in total. The van der Waals surface area contributed by atoms with Crippen LogP contribution in [0, 0.1) is 6.92 Å². The third kappa shape index (κ3) is 5.80. The lowest BCUT2D eigenvalue weighted by molar-refractivity contribution is 0.0909. The van der Waals surface area contributed by atoms with Crippen LogP contribution in [-0.2, 0) is 18.1 Å². The first-order chi connectivity index (χ1) is 18.3. The van der Waals surface area contributed by atoms with E-state index in [1.807, 2.05) is 34.9 Å². The second-order valence-corrected chi connectivity index (χ2v) is 15.8. The van der Waals surface area contributed by atoms with Crippen LogP contribution >= 0.6 is 0 Å². The van der Waals surface area contributed by atoms with Crippen molar-refractivity contribution in [3.8, 4) is 34.5 Å². The van der Waals surface area contributed by atoms with Crippen molar-refractivity contribution >= 4 is 19.1 Å². The van der Waals surface area contributed by atoms with Gasteiger partial charge in [0.1, 0.15) is 29.6 Å². The number of pyridine rings is 2. The van der Waals surface area contributed by atoms with Gasteiger partial charge in [-0.25, -0.2) is 9.97 Å². The molecule has 0 fully saturated rings. The molecule has 1 N–H and O–H groups in total. The summed E-state index contributed by atoms with van der Waals surface area (Å²) in [5.41, 5.74) is 3.46. The molecule has 0 spiro atoms. The van der Waals surface area contributed by atoms with E-state index in [4.69, 9.17) is 19.0 Å². The Morgan fingerprint density at radius 2 is 1.89 bits per heavy atom. The molecule has 0 aliphatic heterocycles. The minimum atomic E-state index is -1.22. The molecule has 38 heavy (non-hydrogen) atoms. The van der Waals surface area contributed by atoms with Gasteiger partial charge in [-0.3, -0.25) is 9.55 Å². The Balaban J connectivity index is 1.46. The van der Waals surface area contributed by atoms with E-state index in [1.165, 1.54) is 0 Å². The number of benzene rings is 1. The zero-order valence-electron chi connectivity index (χ0n) is 21.9. The number of aryl methyl sites for hydroxylation is 1. The molecule has 5 aromatic rings. The fourth-order valence-electron chi connectivity index (χ4n) is 3.87. The van der Waals surface area contributed by atoms with Gasteiger partial charge in [0.2, 0.25) is 11.7 Å². The molecule has 4 aromatic heterocycles. The van der Waals surface area contributed by atoms with Crippen molar-refractivity contribution in [2.45, 2.75) is 45.9 Å². The number of fused-ring (bicyclic) bond motifs is 1.